The lowest BCUT2D eigenvalue weighted by atomic mass is 9.85. The summed E-state index contributed by atoms with van der Waals surface area (Å²) >= 11 is 0. The van der Waals surface area contributed by atoms with Crippen molar-refractivity contribution in [1.29, 1.82) is 0 Å². The van der Waals surface area contributed by atoms with Gasteiger partial charge in [0.1, 0.15) is 5.54 Å². The van der Waals surface area contributed by atoms with Crippen molar-refractivity contribution in [1.82, 2.24) is 19.8 Å². The van der Waals surface area contributed by atoms with Crippen LogP contribution in [0.3, 0.4) is 0 Å². The molecule has 2 saturated heterocycles. The minimum atomic E-state index is -0.367. The Morgan fingerprint density at radius 3 is 2.38 bits per heavy atom. The molecular formula is C20H25N5O. The molecule has 6 heteroatoms. The van der Waals surface area contributed by atoms with Crippen LogP contribution in [0.15, 0.2) is 42.7 Å². The largest absolute Gasteiger partial charge is 0.368 e. The number of rotatable bonds is 4. The van der Waals surface area contributed by atoms with Crippen LogP contribution in [0.4, 0.5) is 5.95 Å². The van der Waals surface area contributed by atoms with Gasteiger partial charge in [-0.2, -0.15) is 0 Å². The van der Waals surface area contributed by atoms with Crippen molar-refractivity contribution in [2.24, 2.45) is 0 Å². The zero-order valence-corrected chi connectivity index (χ0v) is 15.0. The molecule has 2 aromatic rings. The van der Waals surface area contributed by atoms with Gasteiger partial charge in [-0.25, -0.2) is 9.97 Å². The Hall–Kier alpha value is -2.47. The van der Waals surface area contributed by atoms with Crippen LogP contribution in [-0.2, 0) is 17.9 Å². The van der Waals surface area contributed by atoms with Crippen molar-refractivity contribution in [3.8, 4) is 0 Å². The maximum Gasteiger partial charge on any atom is 0.243 e. The van der Waals surface area contributed by atoms with E-state index in [9.17, 15) is 4.79 Å². The van der Waals surface area contributed by atoms with Gasteiger partial charge in [-0.1, -0.05) is 30.3 Å². The number of nitrogen functional groups attached to an aromatic ring is 1. The van der Waals surface area contributed by atoms with Gasteiger partial charge >= 0.3 is 0 Å². The Labute approximate surface area is 154 Å². The summed E-state index contributed by atoms with van der Waals surface area (Å²) in [4.78, 5) is 26.0. The van der Waals surface area contributed by atoms with Crippen LogP contribution in [0, 0.1) is 0 Å². The third-order valence-corrected chi connectivity index (χ3v) is 5.64. The van der Waals surface area contributed by atoms with E-state index < -0.39 is 0 Å². The van der Waals surface area contributed by atoms with Gasteiger partial charge in [0, 0.05) is 37.6 Å². The number of hydrogen-bond donors (Lipinski definition) is 1. The molecule has 2 fully saturated rings. The Morgan fingerprint density at radius 1 is 0.962 bits per heavy atom. The van der Waals surface area contributed by atoms with Gasteiger partial charge < -0.3 is 10.6 Å². The summed E-state index contributed by atoms with van der Waals surface area (Å²) in [5, 5.41) is 0. The zero-order chi connectivity index (χ0) is 18.0. The summed E-state index contributed by atoms with van der Waals surface area (Å²) in [7, 11) is 0. The Bertz CT molecular complexity index is 764. The fourth-order valence-electron chi connectivity index (χ4n) is 4.38. The number of carbonyl (C=O) groups is 1. The maximum atomic E-state index is 13.4. The van der Waals surface area contributed by atoms with Crippen LogP contribution in [0.1, 0.15) is 36.8 Å². The molecule has 1 aromatic heterocycles. The van der Waals surface area contributed by atoms with Crippen molar-refractivity contribution in [2.75, 3.05) is 18.8 Å². The third-order valence-electron chi connectivity index (χ3n) is 5.64. The number of amides is 1. The molecule has 6 nitrogen and oxygen atoms in total. The molecule has 2 aliphatic heterocycles. The first kappa shape index (κ1) is 17.0. The smallest absolute Gasteiger partial charge is 0.243 e. The summed E-state index contributed by atoms with van der Waals surface area (Å²) in [6.07, 6.45) is 7.51. The van der Waals surface area contributed by atoms with E-state index in [0.717, 1.165) is 44.3 Å². The van der Waals surface area contributed by atoms with Crippen molar-refractivity contribution in [3.63, 3.8) is 0 Å². The second kappa shape index (κ2) is 7.03. The normalized spacial score (nSPS) is 23.7. The monoisotopic (exact) mass is 351 g/mol. The molecule has 2 aliphatic rings. The van der Waals surface area contributed by atoms with Crippen LogP contribution in [0.5, 0.6) is 0 Å². The zero-order valence-electron chi connectivity index (χ0n) is 15.0. The van der Waals surface area contributed by atoms with Gasteiger partial charge in [-0.15, -0.1) is 0 Å². The average molecular weight is 351 g/mol. The van der Waals surface area contributed by atoms with Crippen LogP contribution in [-0.4, -0.2) is 44.3 Å². The number of hydrogen-bond acceptors (Lipinski definition) is 5. The Kier molecular flexibility index (Phi) is 4.59. The van der Waals surface area contributed by atoms with E-state index in [1.807, 2.05) is 23.1 Å². The van der Waals surface area contributed by atoms with Gasteiger partial charge in [0.25, 0.3) is 0 Å². The van der Waals surface area contributed by atoms with E-state index in [4.69, 9.17) is 5.73 Å². The second-order valence-corrected chi connectivity index (χ2v) is 7.32. The number of anilines is 1. The topological polar surface area (TPSA) is 75.3 Å². The lowest BCUT2D eigenvalue weighted by Gasteiger charge is -2.44. The number of aromatic nitrogens is 2. The predicted molar refractivity (Wildman–Crippen MR) is 99.9 cm³/mol. The summed E-state index contributed by atoms with van der Waals surface area (Å²) in [5.41, 5.74) is 7.42. The summed E-state index contributed by atoms with van der Waals surface area (Å²) in [6.45, 7) is 3.18. The highest BCUT2D eigenvalue weighted by molar-refractivity contribution is 5.87. The molecule has 1 spiro atoms. The van der Waals surface area contributed by atoms with Crippen LogP contribution in [0.2, 0.25) is 0 Å². The molecule has 0 saturated carbocycles. The van der Waals surface area contributed by atoms with Crippen molar-refractivity contribution in [3.05, 3.63) is 53.9 Å². The fraction of sp³-hybridized carbons (Fsp3) is 0.450. The van der Waals surface area contributed by atoms with Crippen LogP contribution >= 0.6 is 0 Å². The van der Waals surface area contributed by atoms with Crippen LogP contribution in [0.25, 0.3) is 0 Å². The molecule has 1 unspecified atom stereocenters. The minimum Gasteiger partial charge on any atom is -0.368 e. The number of carbonyl (C=O) groups excluding carboxylic acids is 1. The first-order valence-corrected chi connectivity index (χ1v) is 9.32. The lowest BCUT2D eigenvalue weighted by Crippen LogP contribution is -2.59. The number of nitrogens with two attached hydrogens (primary N) is 1. The quantitative estimate of drug-likeness (QED) is 0.914. The van der Waals surface area contributed by atoms with Gasteiger partial charge in [0.2, 0.25) is 11.9 Å². The summed E-state index contributed by atoms with van der Waals surface area (Å²) in [5.74, 6) is 0.564. The molecule has 3 heterocycles. The van der Waals surface area contributed by atoms with E-state index in [1.165, 1.54) is 5.56 Å². The summed E-state index contributed by atoms with van der Waals surface area (Å²) in [6, 6.07) is 10.3. The van der Waals surface area contributed by atoms with Gasteiger partial charge in [0.15, 0.2) is 0 Å². The second-order valence-electron chi connectivity index (χ2n) is 7.32. The lowest BCUT2D eigenvalue weighted by molar-refractivity contribution is -0.148. The van der Waals surface area contributed by atoms with Crippen LogP contribution < -0.4 is 5.73 Å². The highest BCUT2D eigenvalue weighted by Crippen LogP contribution is 2.39. The number of piperidine rings is 1. The third kappa shape index (κ3) is 3.17. The van der Waals surface area contributed by atoms with E-state index >= 15 is 0 Å². The molecule has 26 heavy (non-hydrogen) atoms. The molecular weight excluding hydrogens is 326 g/mol. The number of benzene rings is 1. The van der Waals surface area contributed by atoms with E-state index in [0.29, 0.717) is 13.1 Å². The first-order chi connectivity index (χ1) is 12.7. The predicted octanol–water partition coefficient (Wildman–Crippen LogP) is 2.22. The molecule has 0 aliphatic carbocycles. The SMILES string of the molecule is Nc1ncc(CN2CCCC23CCCN(Cc2ccccc2)C3=O)cn1. The first-order valence-electron chi connectivity index (χ1n) is 9.32. The van der Waals surface area contributed by atoms with Crippen molar-refractivity contribution >= 4 is 11.9 Å². The summed E-state index contributed by atoms with van der Waals surface area (Å²) < 4.78 is 0. The standard InChI is InChI=1S/C20H25N5O/c21-19-22-12-17(13-23-19)15-25-11-5-9-20(25)8-4-10-24(18(20)26)14-16-6-2-1-3-7-16/h1-3,6-7,12-13H,4-5,8-11,14-15H2,(H2,21,22,23). The fourth-order valence-corrected chi connectivity index (χ4v) is 4.38. The molecule has 1 atom stereocenters. The van der Waals surface area contributed by atoms with Gasteiger partial charge in [-0.3, -0.25) is 9.69 Å². The Balaban J connectivity index is 1.53. The molecule has 2 N–H and O–H groups in total. The highest BCUT2D eigenvalue weighted by atomic mass is 16.2. The molecule has 136 valence electrons. The minimum absolute atomic E-state index is 0.279. The Morgan fingerprint density at radius 2 is 1.65 bits per heavy atom. The molecule has 0 radical (unpaired) electrons. The highest BCUT2D eigenvalue weighted by Gasteiger charge is 2.50. The molecule has 0 bridgehead atoms. The maximum absolute atomic E-state index is 13.4. The van der Waals surface area contributed by atoms with Crippen molar-refractivity contribution in [2.45, 2.75) is 44.3 Å². The number of nitrogens with zero attached hydrogens (tertiary/aromatic N) is 4. The van der Waals surface area contributed by atoms with Gasteiger partial charge in [0.05, 0.1) is 0 Å². The molecule has 4 rings (SSSR count). The number of likely N-dealkylation sites (tertiary alicyclic amines) is 2. The van der Waals surface area contributed by atoms with E-state index in [-0.39, 0.29) is 17.4 Å². The average Bonchev–Trinajstić information content (AvgIpc) is 3.05. The van der Waals surface area contributed by atoms with E-state index in [2.05, 4.69) is 27.0 Å². The van der Waals surface area contributed by atoms with Gasteiger partial charge in [-0.05, 0) is 37.8 Å². The molecule has 1 amide bonds. The van der Waals surface area contributed by atoms with E-state index in [1.54, 1.807) is 12.4 Å². The van der Waals surface area contributed by atoms with Crippen molar-refractivity contribution < 1.29 is 4.79 Å². The molecule has 1 aromatic carbocycles.